The highest BCUT2D eigenvalue weighted by Crippen LogP contribution is 2.46. The zero-order chi connectivity index (χ0) is 31.7. The summed E-state index contributed by atoms with van der Waals surface area (Å²) in [5.41, 5.74) is 2.52. The molecule has 0 aliphatic carbocycles. The Balaban J connectivity index is 1.18. The molecule has 4 heterocycles. The van der Waals surface area contributed by atoms with E-state index >= 15 is 0 Å². The van der Waals surface area contributed by atoms with E-state index in [1.54, 1.807) is 22.1 Å². The SMILES string of the molecule is Cc1cc(Oc2ccccc2)ccc1N1C(=O)Nc2c(C(=O)NC3CCN(C(=O)/C=C/CN(C)C(=O)O)C3)sc3nccc1c23. The lowest BCUT2D eigenvalue weighted by molar-refractivity contribution is -0.125. The van der Waals surface area contributed by atoms with Crippen molar-refractivity contribution in [3.63, 3.8) is 0 Å². The average Bonchev–Trinajstić information content (AvgIpc) is 3.64. The molecule has 6 rings (SSSR count). The maximum absolute atomic E-state index is 13.6. The van der Waals surface area contributed by atoms with Gasteiger partial charge in [-0.3, -0.25) is 14.5 Å². The number of rotatable bonds is 8. The monoisotopic (exact) mass is 626 g/mol. The van der Waals surface area contributed by atoms with E-state index in [4.69, 9.17) is 9.84 Å². The number of urea groups is 1. The molecule has 12 nitrogen and oxygen atoms in total. The first kappa shape index (κ1) is 29.6. The number of carbonyl (C=O) groups is 4. The van der Waals surface area contributed by atoms with Crippen LogP contribution in [-0.2, 0) is 4.79 Å². The van der Waals surface area contributed by atoms with Crippen molar-refractivity contribution >= 4 is 62.6 Å². The minimum Gasteiger partial charge on any atom is -0.465 e. The number of pyridine rings is 1. The number of aryl methyl sites for hydroxylation is 1. The lowest BCUT2D eigenvalue weighted by Gasteiger charge is -2.29. The van der Waals surface area contributed by atoms with Gasteiger partial charge in [-0.25, -0.2) is 14.6 Å². The number of nitrogens with zero attached hydrogens (tertiary/aromatic N) is 4. The smallest absolute Gasteiger partial charge is 0.407 e. The second-order valence-electron chi connectivity index (χ2n) is 10.8. The molecule has 1 unspecified atom stereocenters. The number of carboxylic acid groups (broad SMARTS) is 1. The van der Waals surface area contributed by atoms with Gasteiger partial charge in [0.25, 0.3) is 5.91 Å². The number of nitrogens with one attached hydrogen (secondary N) is 2. The first-order valence-electron chi connectivity index (χ1n) is 14.3. The zero-order valence-corrected chi connectivity index (χ0v) is 25.3. The highest BCUT2D eigenvalue weighted by molar-refractivity contribution is 7.21. The Labute approximate surface area is 262 Å². The van der Waals surface area contributed by atoms with E-state index in [1.165, 1.54) is 30.5 Å². The molecule has 1 fully saturated rings. The molecule has 2 aromatic heterocycles. The number of amides is 5. The first-order chi connectivity index (χ1) is 21.7. The third-order valence-corrected chi connectivity index (χ3v) is 8.74. The highest BCUT2D eigenvalue weighted by Gasteiger charge is 2.34. The number of likely N-dealkylation sites (tertiary alicyclic amines) is 1. The van der Waals surface area contributed by atoms with Crippen molar-refractivity contribution < 1.29 is 29.0 Å². The fourth-order valence-electron chi connectivity index (χ4n) is 5.37. The number of hydrogen-bond acceptors (Lipinski definition) is 7. The first-order valence-corrected chi connectivity index (χ1v) is 15.1. The molecule has 3 N–H and O–H groups in total. The van der Waals surface area contributed by atoms with Gasteiger partial charge in [0.1, 0.15) is 21.2 Å². The fourth-order valence-corrected chi connectivity index (χ4v) is 6.40. The molecule has 4 aromatic rings. The number of hydrogen-bond donors (Lipinski definition) is 3. The molecule has 230 valence electrons. The topological polar surface area (TPSA) is 144 Å². The Morgan fingerprint density at radius 3 is 2.71 bits per heavy atom. The molecule has 13 heteroatoms. The zero-order valence-electron chi connectivity index (χ0n) is 24.5. The molecule has 0 radical (unpaired) electrons. The molecule has 0 saturated carbocycles. The quantitative estimate of drug-likeness (QED) is 0.217. The highest BCUT2D eigenvalue weighted by atomic mass is 32.1. The summed E-state index contributed by atoms with van der Waals surface area (Å²) in [7, 11) is 1.42. The van der Waals surface area contributed by atoms with Crippen molar-refractivity contribution in [2.45, 2.75) is 19.4 Å². The largest absolute Gasteiger partial charge is 0.465 e. The summed E-state index contributed by atoms with van der Waals surface area (Å²) in [6.07, 6.45) is 3.94. The van der Waals surface area contributed by atoms with E-state index in [0.29, 0.717) is 63.2 Å². The van der Waals surface area contributed by atoms with Gasteiger partial charge in [0.05, 0.1) is 22.4 Å². The van der Waals surface area contributed by atoms with Gasteiger partial charge < -0.3 is 30.3 Å². The van der Waals surface area contributed by atoms with Crippen LogP contribution in [0.4, 0.5) is 26.7 Å². The molecule has 1 atom stereocenters. The summed E-state index contributed by atoms with van der Waals surface area (Å²) in [4.78, 5) is 60.2. The molecule has 2 aliphatic rings. The van der Waals surface area contributed by atoms with Crippen molar-refractivity contribution in [3.8, 4) is 11.5 Å². The Bertz CT molecular complexity index is 1840. The van der Waals surface area contributed by atoms with Crippen LogP contribution in [0.2, 0.25) is 0 Å². The molecule has 2 aromatic carbocycles. The third kappa shape index (κ3) is 6.02. The molecular weight excluding hydrogens is 596 g/mol. The predicted octanol–water partition coefficient (Wildman–Crippen LogP) is 5.58. The van der Waals surface area contributed by atoms with Crippen molar-refractivity contribution in [1.82, 2.24) is 20.1 Å². The van der Waals surface area contributed by atoms with Crippen LogP contribution in [-0.4, -0.2) is 76.6 Å². The maximum Gasteiger partial charge on any atom is 0.407 e. The summed E-state index contributed by atoms with van der Waals surface area (Å²) in [5, 5.41) is 15.5. The van der Waals surface area contributed by atoms with Crippen LogP contribution in [0.1, 0.15) is 21.7 Å². The van der Waals surface area contributed by atoms with Crippen LogP contribution in [0.5, 0.6) is 11.5 Å². The van der Waals surface area contributed by atoms with E-state index in [9.17, 15) is 19.2 Å². The minimum absolute atomic E-state index is 0.0938. The van der Waals surface area contributed by atoms with Crippen LogP contribution in [0, 0.1) is 6.92 Å². The Kier molecular flexibility index (Phi) is 8.09. The lowest BCUT2D eigenvalue weighted by atomic mass is 10.1. The number of thiophene rings is 1. The molecular formula is C32H30N6O6S. The molecule has 45 heavy (non-hydrogen) atoms. The number of ether oxygens (including phenoxy) is 1. The second kappa shape index (κ2) is 12.3. The van der Waals surface area contributed by atoms with Crippen LogP contribution >= 0.6 is 11.3 Å². The molecule has 2 aliphatic heterocycles. The number of para-hydroxylation sites is 1. The average molecular weight is 627 g/mol. The number of benzene rings is 2. The van der Waals surface area contributed by atoms with Crippen LogP contribution in [0.3, 0.4) is 0 Å². The summed E-state index contributed by atoms with van der Waals surface area (Å²) < 4.78 is 5.96. The van der Waals surface area contributed by atoms with Crippen molar-refractivity contribution in [2.75, 3.05) is 36.9 Å². The summed E-state index contributed by atoms with van der Waals surface area (Å²) in [6, 6.07) is 16.0. The number of anilines is 3. The fraction of sp³-hybridized carbons (Fsp3) is 0.219. The number of aromatic nitrogens is 1. The minimum atomic E-state index is -1.08. The van der Waals surface area contributed by atoms with Crippen LogP contribution < -0.4 is 20.3 Å². The number of carbonyl (C=O) groups excluding carboxylic acids is 3. The van der Waals surface area contributed by atoms with Gasteiger partial charge in [0.2, 0.25) is 5.91 Å². The van der Waals surface area contributed by atoms with Gasteiger partial charge in [-0.1, -0.05) is 24.3 Å². The van der Waals surface area contributed by atoms with Gasteiger partial charge >= 0.3 is 12.1 Å². The van der Waals surface area contributed by atoms with Crippen molar-refractivity contribution in [3.05, 3.63) is 83.4 Å². The van der Waals surface area contributed by atoms with Crippen molar-refractivity contribution in [2.24, 2.45) is 0 Å². The second-order valence-corrected chi connectivity index (χ2v) is 11.8. The van der Waals surface area contributed by atoms with Crippen LogP contribution in [0.25, 0.3) is 10.2 Å². The van der Waals surface area contributed by atoms with E-state index in [1.807, 2.05) is 55.5 Å². The number of likely N-dealkylation sites (N-methyl/N-ethyl adjacent to an activating group) is 1. The van der Waals surface area contributed by atoms with E-state index in [0.717, 1.165) is 10.5 Å². The Morgan fingerprint density at radius 2 is 1.96 bits per heavy atom. The predicted molar refractivity (Wildman–Crippen MR) is 171 cm³/mol. The Morgan fingerprint density at radius 1 is 1.16 bits per heavy atom. The Hall–Kier alpha value is -5.43. The van der Waals surface area contributed by atoms with E-state index in [-0.39, 0.29) is 24.4 Å². The van der Waals surface area contributed by atoms with Gasteiger partial charge in [-0.05, 0) is 55.3 Å². The maximum atomic E-state index is 13.6. The van der Waals surface area contributed by atoms with E-state index < -0.39 is 12.1 Å². The van der Waals surface area contributed by atoms with Gasteiger partial charge in [0, 0.05) is 45.0 Å². The molecule has 1 saturated heterocycles. The molecule has 0 spiro atoms. The molecule has 5 amide bonds. The summed E-state index contributed by atoms with van der Waals surface area (Å²) in [5.74, 6) is 0.742. The standard InChI is InChI=1S/C32H30N6O6S/c1-19-17-22(44-21-7-4-3-5-8-21)10-11-23(19)38-24-12-14-33-30-26(24)27(35-31(38)41)28(45-30)29(40)34-20-13-16-37(18-20)25(39)9-6-15-36(2)32(42)43/h3-12,14,17,20H,13,15-16,18H2,1-2H3,(H,34,40)(H,35,41)(H,42,43)/b9-6+. The third-order valence-electron chi connectivity index (χ3n) is 7.64. The lowest BCUT2D eigenvalue weighted by Crippen LogP contribution is -2.39. The van der Waals surface area contributed by atoms with Crippen LogP contribution in [0.15, 0.2) is 72.9 Å². The molecule has 0 bridgehead atoms. The summed E-state index contributed by atoms with van der Waals surface area (Å²) >= 11 is 1.20. The summed E-state index contributed by atoms with van der Waals surface area (Å²) in [6.45, 7) is 2.77. The van der Waals surface area contributed by atoms with Gasteiger partial charge in [-0.2, -0.15) is 0 Å². The van der Waals surface area contributed by atoms with Crippen molar-refractivity contribution in [1.29, 1.82) is 0 Å². The van der Waals surface area contributed by atoms with E-state index in [2.05, 4.69) is 15.6 Å². The van der Waals surface area contributed by atoms with Gasteiger partial charge in [0.15, 0.2) is 0 Å². The normalized spacial score (nSPS) is 15.8. The van der Waals surface area contributed by atoms with Gasteiger partial charge in [-0.15, -0.1) is 11.3 Å².